The van der Waals surface area contributed by atoms with E-state index in [2.05, 4.69) is 5.32 Å². The van der Waals surface area contributed by atoms with Crippen LogP contribution in [0.2, 0.25) is 0 Å². The first kappa shape index (κ1) is 18.5. The minimum Gasteiger partial charge on any atom is -0.479 e. The summed E-state index contributed by atoms with van der Waals surface area (Å²) in [7, 11) is 0. The molecule has 0 aromatic heterocycles. The number of nitrogens with one attached hydrogen (secondary N) is 1. The minimum absolute atomic E-state index is 0.0294. The van der Waals surface area contributed by atoms with Crippen molar-refractivity contribution in [3.63, 3.8) is 0 Å². The van der Waals surface area contributed by atoms with Crippen LogP contribution in [0, 0.1) is 11.3 Å². The highest BCUT2D eigenvalue weighted by atomic mass is 16.5. The van der Waals surface area contributed by atoms with Crippen LogP contribution in [0.5, 0.6) is 5.75 Å². The first-order chi connectivity index (χ1) is 12.1. The molecule has 130 valence electrons. The maximum Gasteiger partial charge on any atom is 0.224 e. The molecule has 2 rings (SSSR count). The molecular formula is C20H22N2O3. The lowest BCUT2D eigenvalue weighted by Gasteiger charge is -2.20. The Morgan fingerprint density at radius 2 is 1.92 bits per heavy atom. The summed E-state index contributed by atoms with van der Waals surface area (Å²) in [5, 5.41) is 21.6. The topological polar surface area (TPSA) is 82.3 Å². The Kier molecular flexibility index (Phi) is 7.00. The minimum atomic E-state index is -0.656. The first-order valence-electron chi connectivity index (χ1n) is 8.18. The van der Waals surface area contributed by atoms with Crippen molar-refractivity contribution in [3.8, 4) is 11.8 Å². The molecule has 2 unspecified atom stereocenters. The molecule has 2 N–H and O–H groups in total. The largest absolute Gasteiger partial charge is 0.479 e. The second kappa shape index (κ2) is 9.45. The molecular weight excluding hydrogens is 316 g/mol. The van der Waals surface area contributed by atoms with E-state index in [4.69, 9.17) is 10.00 Å². The third-order valence-corrected chi connectivity index (χ3v) is 3.82. The average Bonchev–Trinajstić information content (AvgIpc) is 2.61. The predicted molar refractivity (Wildman–Crippen MR) is 95.0 cm³/mol. The summed E-state index contributed by atoms with van der Waals surface area (Å²) in [6.45, 7) is 1.76. The van der Waals surface area contributed by atoms with Crippen molar-refractivity contribution in [2.45, 2.75) is 31.9 Å². The van der Waals surface area contributed by atoms with E-state index < -0.39 is 6.10 Å². The van der Waals surface area contributed by atoms with E-state index in [1.165, 1.54) is 0 Å². The second-order valence-electron chi connectivity index (χ2n) is 5.88. The van der Waals surface area contributed by atoms with Gasteiger partial charge in [-0.15, -0.1) is 0 Å². The third-order valence-electron chi connectivity index (χ3n) is 3.82. The van der Waals surface area contributed by atoms with Crippen molar-refractivity contribution in [1.29, 1.82) is 5.26 Å². The fourth-order valence-corrected chi connectivity index (χ4v) is 2.48. The van der Waals surface area contributed by atoms with Gasteiger partial charge in [0.05, 0.1) is 18.6 Å². The molecule has 0 heterocycles. The van der Waals surface area contributed by atoms with Crippen LogP contribution < -0.4 is 10.1 Å². The number of amides is 1. The number of rotatable bonds is 8. The monoisotopic (exact) mass is 338 g/mol. The van der Waals surface area contributed by atoms with Gasteiger partial charge in [0.1, 0.15) is 11.8 Å². The Morgan fingerprint density at radius 3 is 2.64 bits per heavy atom. The molecule has 0 saturated heterocycles. The van der Waals surface area contributed by atoms with Gasteiger partial charge in [-0.05, 0) is 30.2 Å². The molecule has 5 heteroatoms. The van der Waals surface area contributed by atoms with E-state index in [-0.39, 0.29) is 25.0 Å². The van der Waals surface area contributed by atoms with Gasteiger partial charge in [-0.3, -0.25) is 4.79 Å². The van der Waals surface area contributed by atoms with Gasteiger partial charge in [-0.25, -0.2) is 0 Å². The Hall–Kier alpha value is -2.84. The third kappa shape index (κ3) is 6.28. The lowest BCUT2D eigenvalue weighted by Crippen LogP contribution is -2.42. The van der Waals surface area contributed by atoms with Gasteiger partial charge in [-0.2, -0.15) is 5.26 Å². The number of hydrogen-bond donors (Lipinski definition) is 2. The molecule has 0 aliphatic rings. The van der Waals surface area contributed by atoms with Crippen LogP contribution in [0.15, 0.2) is 54.6 Å². The number of aliphatic hydroxyl groups is 1. The van der Waals surface area contributed by atoms with Gasteiger partial charge in [-0.1, -0.05) is 42.5 Å². The van der Waals surface area contributed by atoms with Crippen molar-refractivity contribution < 1.29 is 14.6 Å². The molecule has 0 radical (unpaired) electrons. The molecule has 2 aromatic rings. The van der Waals surface area contributed by atoms with Gasteiger partial charge in [0, 0.05) is 6.42 Å². The number of nitriles is 1. The summed E-state index contributed by atoms with van der Waals surface area (Å²) >= 11 is 0. The van der Waals surface area contributed by atoms with E-state index in [9.17, 15) is 9.90 Å². The van der Waals surface area contributed by atoms with Crippen molar-refractivity contribution in [1.82, 2.24) is 5.32 Å². The average molecular weight is 338 g/mol. The molecule has 0 saturated carbocycles. The zero-order valence-electron chi connectivity index (χ0n) is 14.2. The van der Waals surface area contributed by atoms with Crippen molar-refractivity contribution in [2.75, 3.05) is 6.61 Å². The molecule has 0 bridgehead atoms. The summed E-state index contributed by atoms with van der Waals surface area (Å²) in [4.78, 5) is 12.2. The quantitative estimate of drug-likeness (QED) is 0.773. The lowest BCUT2D eigenvalue weighted by molar-refractivity contribution is -0.121. The van der Waals surface area contributed by atoms with Gasteiger partial charge >= 0.3 is 0 Å². The lowest BCUT2D eigenvalue weighted by atomic mass is 10.0. The van der Waals surface area contributed by atoms with E-state index in [0.29, 0.717) is 12.2 Å². The van der Waals surface area contributed by atoms with E-state index in [0.717, 1.165) is 11.1 Å². The van der Waals surface area contributed by atoms with Crippen LogP contribution >= 0.6 is 0 Å². The zero-order valence-corrected chi connectivity index (χ0v) is 14.2. The summed E-state index contributed by atoms with van der Waals surface area (Å²) in [5.74, 6) is 0.390. The normalized spacial score (nSPS) is 12.7. The highest BCUT2D eigenvalue weighted by Gasteiger charge is 2.17. The molecule has 2 atom stereocenters. The van der Waals surface area contributed by atoms with E-state index in [1.807, 2.05) is 42.5 Å². The number of carbonyl (C=O) groups is 1. The fourth-order valence-electron chi connectivity index (χ4n) is 2.48. The highest BCUT2D eigenvalue weighted by molar-refractivity contribution is 5.79. The van der Waals surface area contributed by atoms with Gasteiger partial charge in [0.2, 0.25) is 5.91 Å². The van der Waals surface area contributed by atoms with Gasteiger partial charge in [0.15, 0.2) is 6.61 Å². The van der Waals surface area contributed by atoms with Crippen LogP contribution in [-0.4, -0.2) is 29.8 Å². The number of ether oxygens (including phenoxy) is 1. The smallest absolute Gasteiger partial charge is 0.224 e. The SMILES string of the molecule is CC(NC(=O)Cc1cccc(OCC#N)c1)C(O)Cc1ccccc1. The van der Waals surface area contributed by atoms with Crippen LogP contribution in [-0.2, 0) is 17.6 Å². The Bertz CT molecular complexity index is 725. The predicted octanol–water partition coefficient (Wildman–Crippen LogP) is 2.24. The molecule has 25 heavy (non-hydrogen) atoms. The Balaban J connectivity index is 1.85. The highest BCUT2D eigenvalue weighted by Crippen LogP contribution is 2.14. The van der Waals surface area contributed by atoms with Crippen molar-refractivity contribution >= 4 is 5.91 Å². The first-order valence-corrected chi connectivity index (χ1v) is 8.18. The summed E-state index contributed by atoms with van der Waals surface area (Å²) in [5.41, 5.74) is 1.82. The van der Waals surface area contributed by atoms with Crippen LogP contribution in [0.4, 0.5) is 0 Å². The molecule has 0 aliphatic carbocycles. The van der Waals surface area contributed by atoms with E-state index >= 15 is 0 Å². The molecule has 0 spiro atoms. The fraction of sp³-hybridized carbons (Fsp3) is 0.300. The van der Waals surface area contributed by atoms with E-state index in [1.54, 1.807) is 25.1 Å². The molecule has 1 amide bonds. The Labute approximate surface area is 147 Å². The van der Waals surface area contributed by atoms with Crippen LogP contribution in [0.1, 0.15) is 18.1 Å². The number of hydrogen-bond acceptors (Lipinski definition) is 4. The van der Waals surface area contributed by atoms with Gasteiger partial charge in [0.25, 0.3) is 0 Å². The summed E-state index contributed by atoms with van der Waals surface area (Å²) < 4.78 is 5.23. The van der Waals surface area contributed by atoms with Gasteiger partial charge < -0.3 is 15.2 Å². The standard InChI is InChI=1S/C20H22N2O3/c1-15(19(23)13-16-6-3-2-4-7-16)22-20(24)14-17-8-5-9-18(12-17)25-11-10-21/h2-9,12,15,19,23H,11,13-14H2,1H3,(H,22,24). The molecule has 5 nitrogen and oxygen atoms in total. The maximum absolute atomic E-state index is 12.2. The summed E-state index contributed by atoms with van der Waals surface area (Å²) in [6.07, 6.45) is 0.0167. The maximum atomic E-state index is 12.2. The summed E-state index contributed by atoms with van der Waals surface area (Å²) in [6, 6.07) is 18.3. The van der Waals surface area contributed by atoms with Crippen molar-refractivity contribution in [3.05, 3.63) is 65.7 Å². The van der Waals surface area contributed by atoms with Crippen LogP contribution in [0.25, 0.3) is 0 Å². The number of aliphatic hydroxyl groups excluding tert-OH is 1. The zero-order chi connectivity index (χ0) is 18.1. The number of nitrogens with zero attached hydrogens (tertiary/aromatic N) is 1. The number of benzene rings is 2. The second-order valence-corrected chi connectivity index (χ2v) is 5.88. The molecule has 0 aliphatic heterocycles. The molecule has 0 fully saturated rings. The Morgan fingerprint density at radius 1 is 1.20 bits per heavy atom. The number of carbonyl (C=O) groups excluding carboxylic acids is 1. The van der Waals surface area contributed by atoms with Crippen molar-refractivity contribution in [2.24, 2.45) is 0 Å². The molecule has 2 aromatic carbocycles. The van der Waals surface area contributed by atoms with Crippen LogP contribution in [0.3, 0.4) is 0 Å².